The van der Waals surface area contributed by atoms with E-state index >= 15 is 0 Å². The summed E-state index contributed by atoms with van der Waals surface area (Å²) in [5.41, 5.74) is 2.17. The molecule has 0 radical (unpaired) electrons. The maximum atomic E-state index is 12.7. The summed E-state index contributed by atoms with van der Waals surface area (Å²) in [5.74, 6) is 0.855. The fourth-order valence-electron chi connectivity index (χ4n) is 3.58. The molecule has 3 rings (SSSR count). The number of nitrogens with one attached hydrogen (secondary N) is 2. The molecule has 1 saturated heterocycles. The highest BCUT2D eigenvalue weighted by Gasteiger charge is 2.30. The second-order valence-corrected chi connectivity index (χ2v) is 6.91. The van der Waals surface area contributed by atoms with Crippen molar-refractivity contribution in [2.24, 2.45) is 0 Å². The Morgan fingerprint density at radius 3 is 2.61 bits per heavy atom. The summed E-state index contributed by atoms with van der Waals surface area (Å²) in [4.78, 5) is 16.3. The van der Waals surface area contributed by atoms with E-state index in [0.29, 0.717) is 17.9 Å². The molecule has 1 aliphatic rings. The number of para-hydroxylation sites is 3. The third-order valence-corrected chi connectivity index (χ3v) is 5.22. The Balaban J connectivity index is 1.60. The van der Waals surface area contributed by atoms with E-state index < -0.39 is 0 Å². The normalized spacial score (nSPS) is 15.5. The van der Waals surface area contributed by atoms with Gasteiger partial charge in [-0.2, -0.15) is 5.26 Å². The van der Waals surface area contributed by atoms with Gasteiger partial charge < -0.3 is 19.9 Å². The van der Waals surface area contributed by atoms with Crippen molar-refractivity contribution in [3.05, 3.63) is 54.1 Å². The zero-order valence-electron chi connectivity index (χ0n) is 16.4. The Labute approximate surface area is 166 Å². The molecule has 0 bridgehead atoms. The highest BCUT2D eigenvalue weighted by Crippen LogP contribution is 2.27. The first-order valence-electron chi connectivity index (χ1n) is 9.75. The second kappa shape index (κ2) is 9.25. The van der Waals surface area contributed by atoms with Gasteiger partial charge in [-0.15, -0.1) is 0 Å². The van der Waals surface area contributed by atoms with Crippen LogP contribution in [0.15, 0.2) is 48.5 Å². The van der Waals surface area contributed by atoms with Crippen molar-refractivity contribution in [3.63, 3.8) is 0 Å². The minimum atomic E-state index is -0.184. The van der Waals surface area contributed by atoms with Crippen LogP contribution in [-0.4, -0.2) is 44.7 Å². The maximum Gasteiger partial charge on any atom is 0.282 e. The molecule has 0 aliphatic carbocycles. The molecule has 1 aliphatic heterocycles. The summed E-state index contributed by atoms with van der Waals surface area (Å²) in [5, 5.41) is 12.1. The van der Waals surface area contributed by atoms with Gasteiger partial charge in [0.2, 0.25) is 0 Å². The minimum absolute atomic E-state index is 0.0548. The van der Waals surface area contributed by atoms with E-state index in [-0.39, 0.29) is 11.9 Å². The topological polar surface area (TPSA) is 69.8 Å². The Morgan fingerprint density at radius 2 is 1.89 bits per heavy atom. The lowest BCUT2D eigenvalue weighted by Gasteiger charge is -2.36. The maximum absolute atomic E-state index is 12.7. The summed E-state index contributed by atoms with van der Waals surface area (Å²) in [6.45, 7) is 8.05. The van der Waals surface area contributed by atoms with E-state index in [1.165, 1.54) is 4.90 Å². The van der Waals surface area contributed by atoms with Gasteiger partial charge in [0.05, 0.1) is 49.7 Å². The third-order valence-electron chi connectivity index (χ3n) is 5.22. The molecule has 0 spiro atoms. The summed E-state index contributed by atoms with van der Waals surface area (Å²) < 4.78 is 5.75. The van der Waals surface area contributed by atoms with Gasteiger partial charge in [-0.05, 0) is 38.1 Å². The lowest BCUT2D eigenvalue weighted by atomic mass is 10.1. The quantitative estimate of drug-likeness (QED) is 0.801. The van der Waals surface area contributed by atoms with Crippen LogP contribution in [0, 0.1) is 11.3 Å². The number of benzene rings is 2. The second-order valence-electron chi connectivity index (χ2n) is 6.91. The van der Waals surface area contributed by atoms with Gasteiger partial charge in [-0.1, -0.05) is 24.3 Å². The molecular formula is C22H27N4O2+. The molecule has 146 valence electrons. The van der Waals surface area contributed by atoms with Crippen molar-refractivity contribution in [2.45, 2.75) is 19.9 Å². The van der Waals surface area contributed by atoms with Gasteiger partial charge in [0, 0.05) is 0 Å². The number of carbonyl (C=O) groups excluding carboxylic acids is 1. The lowest BCUT2D eigenvalue weighted by molar-refractivity contribution is -0.914. The number of hydrogen-bond acceptors (Lipinski definition) is 4. The molecule has 0 saturated carbocycles. The molecule has 1 atom stereocenters. The van der Waals surface area contributed by atoms with Crippen molar-refractivity contribution < 1.29 is 14.4 Å². The van der Waals surface area contributed by atoms with Gasteiger partial charge in [-0.3, -0.25) is 4.79 Å². The molecule has 2 aromatic carbocycles. The summed E-state index contributed by atoms with van der Waals surface area (Å²) in [6, 6.07) is 17.1. The third kappa shape index (κ3) is 4.44. The average molecular weight is 379 g/mol. The first-order chi connectivity index (χ1) is 13.6. The van der Waals surface area contributed by atoms with Crippen LogP contribution in [-0.2, 0) is 4.79 Å². The van der Waals surface area contributed by atoms with Crippen LogP contribution in [0.3, 0.4) is 0 Å². The Morgan fingerprint density at radius 1 is 1.21 bits per heavy atom. The molecule has 0 aromatic heterocycles. The predicted molar refractivity (Wildman–Crippen MR) is 110 cm³/mol. The smallest absolute Gasteiger partial charge is 0.282 e. The van der Waals surface area contributed by atoms with Crippen LogP contribution >= 0.6 is 0 Å². The first-order valence-corrected chi connectivity index (χ1v) is 9.75. The number of carbonyl (C=O) groups is 1. The molecule has 28 heavy (non-hydrogen) atoms. The highest BCUT2D eigenvalue weighted by molar-refractivity contribution is 5.94. The predicted octanol–water partition coefficient (Wildman–Crippen LogP) is 1.69. The molecule has 2 N–H and O–H groups in total. The Bertz CT molecular complexity index is 854. The van der Waals surface area contributed by atoms with Crippen molar-refractivity contribution in [1.29, 1.82) is 5.26 Å². The van der Waals surface area contributed by atoms with Gasteiger partial charge >= 0.3 is 0 Å². The van der Waals surface area contributed by atoms with Crippen LogP contribution in [0.2, 0.25) is 0 Å². The fraction of sp³-hybridized carbons (Fsp3) is 0.364. The number of hydrogen-bond donors (Lipinski definition) is 2. The van der Waals surface area contributed by atoms with E-state index in [2.05, 4.69) is 22.4 Å². The number of anilines is 2. The van der Waals surface area contributed by atoms with E-state index in [4.69, 9.17) is 4.74 Å². The number of nitrogens with zero attached hydrogens (tertiary/aromatic N) is 2. The van der Waals surface area contributed by atoms with Gasteiger partial charge in [0.15, 0.2) is 6.04 Å². The molecule has 6 heteroatoms. The largest absolute Gasteiger partial charge is 0.492 e. The van der Waals surface area contributed by atoms with E-state index in [1.54, 1.807) is 18.2 Å². The molecule has 1 heterocycles. The summed E-state index contributed by atoms with van der Waals surface area (Å²) in [7, 11) is 0. The minimum Gasteiger partial charge on any atom is -0.492 e. The van der Waals surface area contributed by atoms with Crippen molar-refractivity contribution >= 4 is 17.3 Å². The van der Waals surface area contributed by atoms with Crippen molar-refractivity contribution in [2.75, 3.05) is 43.0 Å². The van der Waals surface area contributed by atoms with Crippen molar-refractivity contribution in [1.82, 2.24) is 0 Å². The van der Waals surface area contributed by atoms with Crippen LogP contribution in [0.4, 0.5) is 11.4 Å². The highest BCUT2D eigenvalue weighted by atomic mass is 16.5. The molecule has 6 nitrogen and oxygen atoms in total. The zero-order chi connectivity index (χ0) is 19.9. The van der Waals surface area contributed by atoms with Crippen LogP contribution < -0.4 is 19.9 Å². The lowest BCUT2D eigenvalue weighted by Crippen LogP contribution is -3.19. The molecule has 0 unspecified atom stereocenters. The summed E-state index contributed by atoms with van der Waals surface area (Å²) in [6.07, 6.45) is 0. The van der Waals surface area contributed by atoms with Crippen LogP contribution in [0.5, 0.6) is 5.75 Å². The monoisotopic (exact) mass is 379 g/mol. The van der Waals surface area contributed by atoms with Gasteiger partial charge in [-0.25, -0.2) is 0 Å². The number of piperazine rings is 1. The number of nitriles is 1. The number of quaternary nitrogens is 1. The van der Waals surface area contributed by atoms with Crippen LogP contribution in [0.1, 0.15) is 19.4 Å². The fourth-order valence-corrected chi connectivity index (χ4v) is 3.58. The molecular weight excluding hydrogens is 352 g/mol. The number of amides is 1. The molecule has 1 amide bonds. The SMILES string of the molecule is CCOc1ccccc1N1CC[NH+]([C@H](C)C(=O)Nc2ccccc2C#N)CC1. The van der Waals surface area contributed by atoms with E-state index in [9.17, 15) is 10.1 Å². The van der Waals surface area contributed by atoms with E-state index in [1.807, 2.05) is 38.1 Å². The Hall–Kier alpha value is -3.04. The van der Waals surface area contributed by atoms with Crippen LogP contribution in [0.25, 0.3) is 0 Å². The first kappa shape index (κ1) is 19.7. The summed E-state index contributed by atoms with van der Waals surface area (Å²) >= 11 is 0. The Kier molecular flexibility index (Phi) is 6.51. The van der Waals surface area contributed by atoms with Crippen molar-refractivity contribution in [3.8, 4) is 11.8 Å². The van der Waals surface area contributed by atoms with Gasteiger partial charge in [0.25, 0.3) is 5.91 Å². The standard InChI is InChI=1S/C22H26N4O2/c1-3-28-21-11-7-6-10-20(21)26-14-12-25(13-15-26)17(2)22(27)24-19-9-5-4-8-18(19)16-23/h4-11,17H,3,12-15H2,1-2H3,(H,24,27)/p+1/t17-/m1/s1. The van der Waals surface area contributed by atoms with Gasteiger partial charge in [0.1, 0.15) is 11.8 Å². The molecule has 2 aromatic rings. The number of ether oxygens (including phenoxy) is 1. The molecule has 1 fully saturated rings. The number of rotatable bonds is 6. The average Bonchev–Trinajstić information content (AvgIpc) is 2.74. The zero-order valence-corrected chi connectivity index (χ0v) is 16.4. The van der Waals surface area contributed by atoms with E-state index in [0.717, 1.165) is 37.6 Å².